The highest BCUT2D eigenvalue weighted by atomic mass is 32.1. The lowest BCUT2D eigenvalue weighted by molar-refractivity contribution is -0.274. The van der Waals surface area contributed by atoms with Crippen LogP contribution in [0.5, 0.6) is 5.75 Å². The normalized spacial score (nSPS) is 12.7. The van der Waals surface area contributed by atoms with Crippen LogP contribution in [-0.4, -0.2) is 42.9 Å². The van der Waals surface area contributed by atoms with Gasteiger partial charge in [-0.25, -0.2) is 4.98 Å². The van der Waals surface area contributed by atoms with Crippen molar-refractivity contribution < 1.29 is 32.2 Å². The minimum atomic E-state index is -4.77. The Kier molecular flexibility index (Phi) is 12.2. The highest BCUT2D eigenvalue weighted by Gasteiger charge is 2.31. The van der Waals surface area contributed by atoms with Crippen molar-refractivity contribution in [2.24, 2.45) is 0 Å². The number of carbonyl (C=O) groups is 2. The minimum Gasteiger partial charge on any atom is -0.466 e. The number of anilines is 1. The minimum absolute atomic E-state index is 0.00717. The van der Waals surface area contributed by atoms with Crippen molar-refractivity contribution in [3.63, 3.8) is 0 Å². The van der Waals surface area contributed by atoms with Crippen LogP contribution in [0.3, 0.4) is 0 Å². The maximum atomic E-state index is 12.8. The largest absolute Gasteiger partial charge is 0.573 e. The molecule has 1 heterocycles. The standard InChI is InChI=1S/C35H38F3N3O4S/c1-4-6-30(24-7-9-27(10-8-24)34(43)39-20-19-33(42)44-5-2)31(25-13-17-29(18-14-25)45-35(36,37)38)21-41-28-15-11-26(12-16-28)32-22-40-23(3)46-32/h7-18,22,30-31,41H,4-6,19-21H2,1-3H3,(H,39,43). The van der Waals surface area contributed by atoms with Crippen molar-refractivity contribution in [2.45, 2.75) is 58.2 Å². The molecule has 0 aliphatic rings. The van der Waals surface area contributed by atoms with Gasteiger partial charge in [0.1, 0.15) is 5.75 Å². The van der Waals surface area contributed by atoms with Gasteiger partial charge in [-0.15, -0.1) is 24.5 Å². The second-order valence-corrected chi connectivity index (χ2v) is 12.0. The topological polar surface area (TPSA) is 89.6 Å². The highest BCUT2D eigenvalue weighted by Crippen LogP contribution is 2.38. The fraction of sp³-hybridized carbons (Fsp3) is 0.343. The molecule has 2 unspecified atom stereocenters. The lowest BCUT2D eigenvalue weighted by Gasteiger charge is -2.29. The summed E-state index contributed by atoms with van der Waals surface area (Å²) in [5.74, 6) is -1.07. The fourth-order valence-electron chi connectivity index (χ4n) is 5.29. The average Bonchev–Trinajstić information content (AvgIpc) is 3.47. The van der Waals surface area contributed by atoms with Gasteiger partial charge in [-0.1, -0.05) is 49.7 Å². The fourth-order valence-corrected chi connectivity index (χ4v) is 6.07. The summed E-state index contributed by atoms with van der Waals surface area (Å²) in [7, 11) is 0. The summed E-state index contributed by atoms with van der Waals surface area (Å²) in [6, 6.07) is 21.5. The number of benzene rings is 3. The molecule has 11 heteroatoms. The quantitative estimate of drug-likeness (QED) is 0.125. The van der Waals surface area contributed by atoms with E-state index in [1.807, 2.05) is 49.5 Å². The third kappa shape index (κ3) is 10.1. The molecule has 0 saturated heterocycles. The van der Waals surface area contributed by atoms with Gasteiger partial charge in [0.15, 0.2) is 0 Å². The molecule has 0 fully saturated rings. The maximum Gasteiger partial charge on any atom is 0.573 e. The second kappa shape index (κ2) is 16.3. The summed E-state index contributed by atoms with van der Waals surface area (Å²) in [5, 5.41) is 7.27. The molecule has 0 spiro atoms. The van der Waals surface area contributed by atoms with Gasteiger partial charge in [-0.05, 0) is 79.3 Å². The summed E-state index contributed by atoms with van der Waals surface area (Å²) >= 11 is 1.63. The number of alkyl halides is 3. The van der Waals surface area contributed by atoms with Crippen LogP contribution in [0.15, 0.2) is 79.0 Å². The average molecular weight is 654 g/mol. The number of aromatic nitrogens is 1. The first kappa shape index (κ1) is 34.5. The zero-order chi connectivity index (χ0) is 33.1. The summed E-state index contributed by atoms with van der Waals surface area (Å²) < 4.78 is 47.5. The van der Waals surface area contributed by atoms with Crippen molar-refractivity contribution in [1.82, 2.24) is 10.3 Å². The Morgan fingerprint density at radius 1 is 0.913 bits per heavy atom. The number of esters is 1. The van der Waals surface area contributed by atoms with Gasteiger partial charge in [-0.2, -0.15) is 0 Å². The van der Waals surface area contributed by atoms with Crippen molar-refractivity contribution in [3.05, 3.63) is 101 Å². The van der Waals surface area contributed by atoms with Crippen LogP contribution in [0.1, 0.15) is 71.4 Å². The van der Waals surface area contributed by atoms with Crippen molar-refractivity contribution in [3.8, 4) is 16.2 Å². The van der Waals surface area contributed by atoms with Gasteiger partial charge in [-0.3, -0.25) is 9.59 Å². The molecule has 7 nitrogen and oxygen atoms in total. The summed E-state index contributed by atoms with van der Waals surface area (Å²) in [6.07, 6.45) is -1.15. The van der Waals surface area contributed by atoms with Crippen LogP contribution in [0.2, 0.25) is 0 Å². The number of ether oxygens (including phenoxy) is 2. The number of aryl methyl sites for hydroxylation is 1. The number of rotatable bonds is 15. The number of hydrogen-bond donors (Lipinski definition) is 2. The van der Waals surface area contributed by atoms with Crippen molar-refractivity contribution in [2.75, 3.05) is 25.0 Å². The van der Waals surface area contributed by atoms with Gasteiger partial charge < -0.3 is 20.1 Å². The number of hydrogen-bond acceptors (Lipinski definition) is 7. The first-order chi connectivity index (χ1) is 22.1. The summed E-state index contributed by atoms with van der Waals surface area (Å²) in [4.78, 5) is 29.7. The van der Waals surface area contributed by atoms with Gasteiger partial charge in [0.2, 0.25) is 0 Å². The Morgan fingerprint density at radius 3 is 2.15 bits per heavy atom. The molecular formula is C35H38F3N3O4S. The predicted octanol–water partition coefficient (Wildman–Crippen LogP) is 8.48. The SMILES string of the molecule is CCCC(c1ccc(C(=O)NCCC(=O)OCC)cc1)C(CNc1ccc(-c2cnc(C)s2)cc1)c1ccc(OC(F)(F)F)cc1. The number of thiazole rings is 1. The third-order valence-electron chi connectivity index (χ3n) is 7.47. The van der Waals surface area contributed by atoms with Crippen molar-refractivity contribution in [1.29, 1.82) is 0 Å². The number of halogens is 3. The zero-order valence-electron chi connectivity index (χ0n) is 26.0. The van der Waals surface area contributed by atoms with E-state index >= 15 is 0 Å². The lowest BCUT2D eigenvalue weighted by Crippen LogP contribution is -2.26. The first-order valence-electron chi connectivity index (χ1n) is 15.2. The molecule has 244 valence electrons. The Hall–Kier alpha value is -4.38. The maximum absolute atomic E-state index is 12.8. The molecule has 0 bridgehead atoms. The summed E-state index contributed by atoms with van der Waals surface area (Å²) in [6.45, 7) is 6.75. The molecule has 0 aliphatic heterocycles. The Labute approximate surface area is 271 Å². The molecule has 1 amide bonds. The van der Waals surface area contributed by atoms with E-state index in [1.165, 1.54) is 12.1 Å². The predicted molar refractivity (Wildman–Crippen MR) is 174 cm³/mol. The second-order valence-electron chi connectivity index (χ2n) is 10.8. The Balaban J connectivity index is 1.54. The molecule has 46 heavy (non-hydrogen) atoms. The number of nitrogens with zero attached hydrogens (tertiary/aromatic N) is 1. The van der Waals surface area contributed by atoms with E-state index < -0.39 is 6.36 Å². The molecule has 4 rings (SSSR count). The number of carbonyl (C=O) groups excluding carboxylic acids is 2. The molecule has 2 atom stereocenters. The van der Waals surface area contributed by atoms with Gasteiger partial charge in [0.25, 0.3) is 5.91 Å². The lowest BCUT2D eigenvalue weighted by atomic mass is 9.78. The van der Waals surface area contributed by atoms with E-state index in [0.29, 0.717) is 12.1 Å². The molecule has 0 radical (unpaired) electrons. The molecule has 0 aliphatic carbocycles. The molecule has 3 aromatic carbocycles. The van der Waals surface area contributed by atoms with Gasteiger partial charge in [0, 0.05) is 36.5 Å². The van der Waals surface area contributed by atoms with E-state index in [0.717, 1.165) is 45.1 Å². The molecule has 2 N–H and O–H groups in total. The molecular weight excluding hydrogens is 615 g/mol. The van der Waals surface area contributed by atoms with Crippen LogP contribution in [0.4, 0.5) is 18.9 Å². The van der Waals surface area contributed by atoms with Gasteiger partial charge in [0.05, 0.1) is 22.9 Å². The van der Waals surface area contributed by atoms with E-state index in [4.69, 9.17) is 4.74 Å². The Bertz CT molecular complexity index is 1560. The molecule has 0 saturated carbocycles. The Morgan fingerprint density at radius 2 is 1.57 bits per heavy atom. The van der Waals surface area contributed by atoms with Crippen LogP contribution in [0, 0.1) is 6.92 Å². The molecule has 1 aromatic heterocycles. The van der Waals surface area contributed by atoms with E-state index in [2.05, 4.69) is 27.3 Å². The highest BCUT2D eigenvalue weighted by molar-refractivity contribution is 7.15. The first-order valence-corrected chi connectivity index (χ1v) is 16.0. The van der Waals surface area contributed by atoms with Crippen LogP contribution >= 0.6 is 11.3 Å². The summed E-state index contributed by atoms with van der Waals surface area (Å²) in [5.41, 5.74) is 4.31. The number of amides is 1. The monoisotopic (exact) mass is 653 g/mol. The van der Waals surface area contributed by atoms with E-state index in [-0.39, 0.29) is 49.0 Å². The third-order valence-corrected chi connectivity index (χ3v) is 8.43. The van der Waals surface area contributed by atoms with E-state index in [9.17, 15) is 22.8 Å². The van der Waals surface area contributed by atoms with Crippen LogP contribution in [0.25, 0.3) is 10.4 Å². The molecule has 4 aromatic rings. The smallest absolute Gasteiger partial charge is 0.466 e. The van der Waals surface area contributed by atoms with Crippen LogP contribution in [-0.2, 0) is 9.53 Å². The number of nitrogens with one attached hydrogen (secondary N) is 2. The zero-order valence-corrected chi connectivity index (χ0v) is 26.8. The van der Waals surface area contributed by atoms with E-state index in [1.54, 1.807) is 42.5 Å². The van der Waals surface area contributed by atoms with Crippen molar-refractivity contribution >= 4 is 28.9 Å². The van der Waals surface area contributed by atoms with Crippen LogP contribution < -0.4 is 15.4 Å². The van der Waals surface area contributed by atoms with Gasteiger partial charge >= 0.3 is 12.3 Å².